The van der Waals surface area contributed by atoms with E-state index in [0.29, 0.717) is 13.2 Å². The molecule has 0 unspecified atom stereocenters. The molecule has 122 valence electrons. The maximum Gasteiger partial charge on any atom is 0.317 e. The largest absolute Gasteiger partial charge is 0.385 e. The third-order valence-electron chi connectivity index (χ3n) is 4.28. The maximum absolute atomic E-state index is 12.5. The zero-order valence-electron chi connectivity index (χ0n) is 13.8. The van der Waals surface area contributed by atoms with E-state index in [0.717, 1.165) is 25.8 Å². The van der Waals surface area contributed by atoms with Gasteiger partial charge in [0.15, 0.2) is 0 Å². The van der Waals surface area contributed by atoms with Gasteiger partial charge in [-0.15, -0.1) is 0 Å². The van der Waals surface area contributed by atoms with Gasteiger partial charge in [0.2, 0.25) is 0 Å². The SMILES string of the molecule is COCCCNC(=O)N1CCCCC[C@H]1c1ccc(C)cc1. The van der Waals surface area contributed by atoms with Gasteiger partial charge in [-0.2, -0.15) is 0 Å². The molecule has 0 saturated carbocycles. The Labute approximate surface area is 133 Å². The molecule has 22 heavy (non-hydrogen) atoms. The monoisotopic (exact) mass is 304 g/mol. The lowest BCUT2D eigenvalue weighted by Gasteiger charge is -2.30. The van der Waals surface area contributed by atoms with Crippen molar-refractivity contribution in [3.8, 4) is 0 Å². The highest BCUT2D eigenvalue weighted by Gasteiger charge is 2.26. The van der Waals surface area contributed by atoms with Crippen LogP contribution in [0.1, 0.15) is 49.3 Å². The van der Waals surface area contributed by atoms with E-state index in [1.54, 1.807) is 7.11 Å². The summed E-state index contributed by atoms with van der Waals surface area (Å²) in [5.41, 5.74) is 2.51. The predicted molar refractivity (Wildman–Crippen MR) is 89.0 cm³/mol. The fraction of sp³-hybridized carbons (Fsp3) is 0.611. The molecule has 1 fully saturated rings. The molecule has 1 N–H and O–H groups in total. The van der Waals surface area contributed by atoms with Gasteiger partial charge in [0.05, 0.1) is 6.04 Å². The Morgan fingerprint density at radius 2 is 2.05 bits per heavy atom. The van der Waals surface area contributed by atoms with Gasteiger partial charge in [0.25, 0.3) is 0 Å². The van der Waals surface area contributed by atoms with Crippen molar-refractivity contribution in [2.75, 3.05) is 26.8 Å². The van der Waals surface area contributed by atoms with Crippen molar-refractivity contribution in [2.24, 2.45) is 0 Å². The molecule has 1 heterocycles. The predicted octanol–water partition coefficient (Wildman–Crippen LogP) is 3.66. The quantitative estimate of drug-likeness (QED) is 0.844. The van der Waals surface area contributed by atoms with Crippen LogP contribution in [0.4, 0.5) is 4.79 Å². The topological polar surface area (TPSA) is 41.6 Å². The summed E-state index contributed by atoms with van der Waals surface area (Å²) in [4.78, 5) is 14.6. The van der Waals surface area contributed by atoms with E-state index in [1.165, 1.54) is 24.0 Å². The van der Waals surface area contributed by atoms with Crippen LogP contribution in [0.3, 0.4) is 0 Å². The van der Waals surface area contributed by atoms with Crippen LogP contribution in [0.15, 0.2) is 24.3 Å². The van der Waals surface area contributed by atoms with Crippen LogP contribution in [0.2, 0.25) is 0 Å². The summed E-state index contributed by atoms with van der Waals surface area (Å²) in [6, 6.07) is 8.85. The molecule has 4 heteroatoms. The number of carbonyl (C=O) groups is 1. The summed E-state index contributed by atoms with van der Waals surface area (Å²) < 4.78 is 5.03. The summed E-state index contributed by atoms with van der Waals surface area (Å²) in [6.07, 6.45) is 5.38. The number of amides is 2. The number of aryl methyl sites for hydroxylation is 1. The lowest BCUT2D eigenvalue weighted by Crippen LogP contribution is -2.42. The number of nitrogens with zero attached hydrogens (tertiary/aromatic N) is 1. The number of urea groups is 1. The lowest BCUT2D eigenvalue weighted by molar-refractivity contribution is 0.170. The standard InChI is InChI=1S/C18H28N2O2/c1-15-8-10-16(11-9-15)17-7-4-3-5-13-20(17)18(21)19-12-6-14-22-2/h8-11,17H,3-7,12-14H2,1-2H3,(H,19,21)/t17-/m0/s1. The highest BCUT2D eigenvalue weighted by molar-refractivity contribution is 5.74. The second kappa shape index (κ2) is 8.79. The van der Waals surface area contributed by atoms with Gasteiger partial charge in [-0.1, -0.05) is 42.7 Å². The van der Waals surface area contributed by atoms with E-state index in [4.69, 9.17) is 4.74 Å². The number of carbonyl (C=O) groups excluding carboxylic acids is 1. The number of rotatable bonds is 5. The third kappa shape index (κ3) is 4.73. The minimum Gasteiger partial charge on any atom is -0.385 e. The Balaban J connectivity index is 2.03. The Morgan fingerprint density at radius 1 is 1.27 bits per heavy atom. The zero-order chi connectivity index (χ0) is 15.8. The minimum absolute atomic E-state index is 0.0589. The van der Waals surface area contributed by atoms with Crippen molar-refractivity contribution in [2.45, 2.75) is 45.1 Å². The van der Waals surface area contributed by atoms with Crippen LogP contribution in [-0.4, -0.2) is 37.7 Å². The van der Waals surface area contributed by atoms with E-state index < -0.39 is 0 Å². The van der Waals surface area contributed by atoms with Crippen LogP contribution >= 0.6 is 0 Å². The molecule has 1 aliphatic heterocycles. The Kier molecular flexibility index (Phi) is 6.72. The first-order valence-electron chi connectivity index (χ1n) is 8.32. The Bertz CT molecular complexity index is 459. The highest BCUT2D eigenvalue weighted by Crippen LogP contribution is 2.30. The van der Waals surface area contributed by atoms with E-state index in [9.17, 15) is 4.79 Å². The van der Waals surface area contributed by atoms with Crippen LogP contribution in [0, 0.1) is 6.92 Å². The van der Waals surface area contributed by atoms with Crippen molar-refractivity contribution in [3.05, 3.63) is 35.4 Å². The number of benzene rings is 1. The third-order valence-corrected chi connectivity index (χ3v) is 4.28. The van der Waals surface area contributed by atoms with Crippen molar-refractivity contribution in [1.82, 2.24) is 10.2 Å². The second-order valence-electron chi connectivity index (χ2n) is 6.05. The van der Waals surface area contributed by atoms with Crippen molar-refractivity contribution >= 4 is 6.03 Å². The zero-order valence-corrected chi connectivity index (χ0v) is 13.8. The molecule has 0 bridgehead atoms. The number of ether oxygens (including phenoxy) is 1. The van der Waals surface area contributed by atoms with Crippen molar-refractivity contribution in [1.29, 1.82) is 0 Å². The molecule has 0 aliphatic carbocycles. The number of likely N-dealkylation sites (tertiary alicyclic amines) is 1. The first-order chi connectivity index (χ1) is 10.7. The van der Waals surface area contributed by atoms with Gasteiger partial charge in [0.1, 0.15) is 0 Å². The maximum atomic E-state index is 12.5. The first-order valence-corrected chi connectivity index (χ1v) is 8.32. The average Bonchev–Trinajstić information content (AvgIpc) is 2.78. The number of hydrogen-bond acceptors (Lipinski definition) is 2. The molecule has 1 aliphatic rings. The molecule has 1 saturated heterocycles. The lowest BCUT2D eigenvalue weighted by atomic mass is 10.00. The molecule has 2 amide bonds. The molecular weight excluding hydrogens is 276 g/mol. The van der Waals surface area contributed by atoms with Crippen LogP contribution in [0.25, 0.3) is 0 Å². The van der Waals surface area contributed by atoms with Gasteiger partial charge in [0, 0.05) is 26.8 Å². The van der Waals surface area contributed by atoms with Crippen molar-refractivity contribution in [3.63, 3.8) is 0 Å². The smallest absolute Gasteiger partial charge is 0.317 e. The first kappa shape index (κ1) is 16.8. The van der Waals surface area contributed by atoms with E-state index >= 15 is 0 Å². The Morgan fingerprint density at radius 3 is 2.77 bits per heavy atom. The Hall–Kier alpha value is -1.55. The number of nitrogens with one attached hydrogen (secondary N) is 1. The summed E-state index contributed by atoms with van der Waals surface area (Å²) in [5, 5.41) is 3.03. The normalized spacial score (nSPS) is 18.8. The highest BCUT2D eigenvalue weighted by atomic mass is 16.5. The van der Waals surface area contributed by atoms with E-state index in [2.05, 4.69) is 36.5 Å². The van der Waals surface area contributed by atoms with Crippen LogP contribution in [-0.2, 0) is 4.74 Å². The van der Waals surface area contributed by atoms with Gasteiger partial charge in [-0.05, 0) is 31.7 Å². The summed E-state index contributed by atoms with van der Waals surface area (Å²) >= 11 is 0. The van der Waals surface area contributed by atoms with Gasteiger partial charge < -0.3 is 15.0 Å². The average molecular weight is 304 g/mol. The van der Waals surface area contributed by atoms with Gasteiger partial charge in [-0.25, -0.2) is 4.79 Å². The molecule has 1 atom stereocenters. The molecule has 1 aromatic carbocycles. The van der Waals surface area contributed by atoms with Crippen LogP contribution in [0.5, 0.6) is 0 Å². The summed E-state index contributed by atoms with van der Waals surface area (Å²) in [6.45, 7) is 4.29. The van der Waals surface area contributed by atoms with E-state index in [1.807, 2.05) is 4.90 Å². The molecule has 0 radical (unpaired) electrons. The second-order valence-corrected chi connectivity index (χ2v) is 6.05. The van der Waals surface area contributed by atoms with Crippen LogP contribution < -0.4 is 5.32 Å². The molecule has 0 aromatic heterocycles. The molecule has 1 aromatic rings. The molecule has 0 spiro atoms. The minimum atomic E-state index is 0.0589. The van der Waals surface area contributed by atoms with Gasteiger partial charge in [-0.3, -0.25) is 0 Å². The summed E-state index contributed by atoms with van der Waals surface area (Å²) in [7, 11) is 1.68. The van der Waals surface area contributed by atoms with Gasteiger partial charge >= 0.3 is 6.03 Å². The summed E-state index contributed by atoms with van der Waals surface area (Å²) in [5.74, 6) is 0. The fourth-order valence-electron chi connectivity index (χ4n) is 3.00. The molecule has 4 nitrogen and oxygen atoms in total. The fourth-order valence-corrected chi connectivity index (χ4v) is 3.00. The van der Waals surface area contributed by atoms with E-state index in [-0.39, 0.29) is 12.1 Å². The number of methoxy groups -OCH3 is 1. The molecular formula is C18H28N2O2. The molecule has 2 rings (SSSR count). The number of hydrogen-bond donors (Lipinski definition) is 1. The van der Waals surface area contributed by atoms with Crippen molar-refractivity contribution < 1.29 is 9.53 Å².